The summed E-state index contributed by atoms with van der Waals surface area (Å²) in [6.45, 7) is 0.143. The molecular formula is C19H14ClFN4O4. The third kappa shape index (κ3) is 4.82. The average Bonchev–Trinajstić information content (AvgIpc) is 2.70. The Morgan fingerprint density at radius 3 is 2.59 bits per heavy atom. The molecule has 1 heterocycles. The van der Waals surface area contributed by atoms with Crippen molar-refractivity contribution >= 4 is 23.2 Å². The highest BCUT2D eigenvalue weighted by Crippen LogP contribution is 2.25. The zero-order valence-corrected chi connectivity index (χ0v) is 15.6. The fourth-order valence-corrected chi connectivity index (χ4v) is 2.74. The van der Waals surface area contributed by atoms with E-state index in [-0.39, 0.29) is 40.7 Å². The Labute approximate surface area is 168 Å². The Hall–Kier alpha value is -3.59. The first kappa shape index (κ1) is 20.2. The number of hydrogen-bond donors (Lipinski definition) is 1. The van der Waals surface area contributed by atoms with E-state index < -0.39 is 10.8 Å². The van der Waals surface area contributed by atoms with Crippen LogP contribution in [0.1, 0.15) is 10.4 Å². The minimum absolute atomic E-state index is 0.0645. The number of aromatic nitrogens is 2. The van der Waals surface area contributed by atoms with Crippen LogP contribution < -0.4 is 10.9 Å². The van der Waals surface area contributed by atoms with E-state index in [9.17, 15) is 24.1 Å². The monoisotopic (exact) mass is 416 g/mol. The predicted octanol–water partition coefficient (Wildman–Crippen LogP) is 3.04. The Kier molecular flexibility index (Phi) is 5.99. The van der Waals surface area contributed by atoms with Crippen LogP contribution >= 0.6 is 11.6 Å². The molecule has 0 spiro atoms. The third-order valence-corrected chi connectivity index (χ3v) is 4.34. The number of nitro groups is 1. The molecule has 0 aliphatic carbocycles. The molecule has 0 bridgehead atoms. The largest absolute Gasteiger partial charge is 0.350 e. The molecule has 3 rings (SSSR count). The van der Waals surface area contributed by atoms with Gasteiger partial charge in [-0.25, -0.2) is 9.07 Å². The number of halogens is 2. The van der Waals surface area contributed by atoms with Gasteiger partial charge in [0.05, 0.1) is 17.2 Å². The highest BCUT2D eigenvalue weighted by molar-refractivity contribution is 6.32. The molecule has 10 heteroatoms. The van der Waals surface area contributed by atoms with Crippen molar-refractivity contribution in [1.82, 2.24) is 15.1 Å². The Morgan fingerprint density at radius 2 is 1.90 bits per heavy atom. The maximum Gasteiger partial charge on any atom is 0.288 e. The molecule has 3 aromatic rings. The summed E-state index contributed by atoms with van der Waals surface area (Å²) in [6.07, 6.45) is 0. The van der Waals surface area contributed by atoms with Gasteiger partial charge in [-0.1, -0.05) is 11.6 Å². The van der Waals surface area contributed by atoms with E-state index in [1.807, 2.05) is 0 Å². The van der Waals surface area contributed by atoms with E-state index >= 15 is 0 Å². The van der Waals surface area contributed by atoms with Gasteiger partial charge in [-0.05, 0) is 42.5 Å². The summed E-state index contributed by atoms with van der Waals surface area (Å²) in [5, 5.41) is 17.6. The SMILES string of the molecule is O=C(NCCn1nc(-c2ccc(F)cc2)ccc1=O)c1ccc(Cl)c([N+](=O)[O-])c1. The summed E-state index contributed by atoms with van der Waals surface area (Å²) in [7, 11) is 0. The molecule has 29 heavy (non-hydrogen) atoms. The Bertz CT molecular complexity index is 1130. The molecule has 0 fully saturated rings. The maximum atomic E-state index is 13.1. The lowest BCUT2D eigenvalue weighted by Crippen LogP contribution is -2.32. The number of nitro benzene ring substituents is 1. The van der Waals surface area contributed by atoms with Gasteiger partial charge >= 0.3 is 0 Å². The van der Waals surface area contributed by atoms with E-state index in [0.717, 1.165) is 6.07 Å². The van der Waals surface area contributed by atoms with Crippen LogP contribution in [-0.2, 0) is 6.54 Å². The summed E-state index contributed by atoms with van der Waals surface area (Å²) in [6, 6.07) is 12.2. The lowest BCUT2D eigenvalue weighted by molar-refractivity contribution is -0.384. The van der Waals surface area contributed by atoms with E-state index in [1.165, 1.54) is 41.1 Å². The lowest BCUT2D eigenvalue weighted by atomic mass is 10.1. The smallest absolute Gasteiger partial charge is 0.288 e. The standard InChI is InChI=1S/C19H14ClFN4O4/c20-15-6-3-13(11-17(15)25(28)29)19(27)22-9-10-24-18(26)8-7-16(23-24)12-1-4-14(21)5-2-12/h1-8,11H,9-10H2,(H,22,27). The number of rotatable bonds is 6. The van der Waals surface area contributed by atoms with Crippen molar-refractivity contribution < 1.29 is 14.1 Å². The van der Waals surface area contributed by atoms with Crippen molar-refractivity contribution in [2.75, 3.05) is 6.54 Å². The summed E-state index contributed by atoms with van der Waals surface area (Å²) in [5.74, 6) is -0.931. The van der Waals surface area contributed by atoms with Gasteiger partial charge in [0.25, 0.3) is 17.2 Å². The van der Waals surface area contributed by atoms with Gasteiger partial charge in [-0.3, -0.25) is 19.7 Å². The molecule has 2 aromatic carbocycles. The third-order valence-electron chi connectivity index (χ3n) is 4.02. The van der Waals surface area contributed by atoms with Gasteiger partial charge in [-0.15, -0.1) is 0 Å². The van der Waals surface area contributed by atoms with Crippen molar-refractivity contribution in [1.29, 1.82) is 0 Å². The summed E-state index contributed by atoms with van der Waals surface area (Å²) in [5.41, 5.74) is 0.444. The van der Waals surface area contributed by atoms with Crippen LogP contribution in [-0.4, -0.2) is 27.2 Å². The molecule has 148 valence electrons. The molecule has 1 amide bonds. The molecule has 0 atom stereocenters. The molecule has 0 aliphatic rings. The normalized spacial score (nSPS) is 10.6. The molecule has 1 N–H and O–H groups in total. The molecule has 0 saturated carbocycles. The van der Waals surface area contributed by atoms with Crippen LogP contribution in [0.5, 0.6) is 0 Å². The lowest BCUT2D eigenvalue weighted by Gasteiger charge is -2.09. The predicted molar refractivity (Wildman–Crippen MR) is 104 cm³/mol. The molecular weight excluding hydrogens is 403 g/mol. The number of nitrogens with zero attached hydrogens (tertiary/aromatic N) is 3. The maximum absolute atomic E-state index is 13.1. The Balaban J connectivity index is 1.69. The van der Waals surface area contributed by atoms with Crippen molar-refractivity contribution in [3.8, 4) is 11.3 Å². The minimum Gasteiger partial charge on any atom is -0.350 e. The quantitative estimate of drug-likeness (QED) is 0.491. The van der Waals surface area contributed by atoms with Crippen LogP contribution in [0, 0.1) is 15.9 Å². The van der Waals surface area contributed by atoms with Gasteiger partial charge < -0.3 is 5.32 Å². The van der Waals surface area contributed by atoms with E-state index in [0.29, 0.717) is 11.3 Å². The molecule has 0 aliphatic heterocycles. The van der Waals surface area contributed by atoms with Crippen molar-refractivity contribution in [2.24, 2.45) is 0 Å². The van der Waals surface area contributed by atoms with Crippen molar-refractivity contribution in [2.45, 2.75) is 6.54 Å². The van der Waals surface area contributed by atoms with Gasteiger partial charge in [0, 0.05) is 29.8 Å². The van der Waals surface area contributed by atoms with Crippen LogP contribution in [0.4, 0.5) is 10.1 Å². The number of benzene rings is 2. The molecule has 0 unspecified atom stereocenters. The molecule has 0 radical (unpaired) electrons. The topological polar surface area (TPSA) is 107 Å². The van der Waals surface area contributed by atoms with Gasteiger partial charge in [0.2, 0.25) is 0 Å². The van der Waals surface area contributed by atoms with Crippen LogP contribution in [0.3, 0.4) is 0 Å². The number of carbonyl (C=O) groups is 1. The van der Waals surface area contributed by atoms with Crippen LogP contribution in [0.15, 0.2) is 59.4 Å². The summed E-state index contributed by atoms with van der Waals surface area (Å²) in [4.78, 5) is 34.4. The first-order chi connectivity index (χ1) is 13.8. The minimum atomic E-state index is -0.677. The van der Waals surface area contributed by atoms with Gasteiger partial charge in [0.1, 0.15) is 10.8 Å². The zero-order valence-electron chi connectivity index (χ0n) is 14.8. The van der Waals surface area contributed by atoms with Crippen LogP contribution in [0.2, 0.25) is 5.02 Å². The van der Waals surface area contributed by atoms with Gasteiger partial charge in [-0.2, -0.15) is 5.10 Å². The second-order valence-electron chi connectivity index (χ2n) is 5.97. The van der Waals surface area contributed by atoms with Gasteiger partial charge in [0.15, 0.2) is 0 Å². The Morgan fingerprint density at radius 1 is 1.17 bits per heavy atom. The van der Waals surface area contributed by atoms with E-state index in [4.69, 9.17) is 11.6 Å². The zero-order chi connectivity index (χ0) is 21.0. The van der Waals surface area contributed by atoms with Crippen molar-refractivity contribution in [3.63, 3.8) is 0 Å². The van der Waals surface area contributed by atoms with Crippen molar-refractivity contribution in [3.05, 3.63) is 91.5 Å². The molecule has 8 nitrogen and oxygen atoms in total. The number of nitrogens with one attached hydrogen (secondary N) is 1. The summed E-state index contributed by atoms with van der Waals surface area (Å²) >= 11 is 5.73. The average molecular weight is 417 g/mol. The van der Waals surface area contributed by atoms with E-state index in [2.05, 4.69) is 10.4 Å². The first-order valence-corrected chi connectivity index (χ1v) is 8.79. The first-order valence-electron chi connectivity index (χ1n) is 8.41. The fourth-order valence-electron chi connectivity index (χ4n) is 2.55. The molecule has 1 aromatic heterocycles. The highest BCUT2D eigenvalue weighted by atomic mass is 35.5. The summed E-state index contributed by atoms with van der Waals surface area (Å²) < 4.78 is 14.2. The fraction of sp³-hybridized carbons (Fsp3) is 0.105. The number of carbonyl (C=O) groups excluding carboxylic acids is 1. The second kappa shape index (κ2) is 8.61. The molecule has 0 saturated heterocycles. The number of amides is 1. The van der Waals surface area contributed by atoms with Crippen LogP contribution in [0.25, 0.3) is 11.3 Å². The second-order valence-corrected chi connectivity index (χ2v) is 6.37. The van der Waals surface area contributed by atoms with E-state index in [1.54, 1.807) is 12.1 Å². The highest BCUT2D eigenvalue weighted by Gasteiger charge is 2.16. The number of hydrogen-bond acceptors (Lipinski definition) is 5.